The molecule has 3 N–H and O–H groups in total. The van der Waals surface area contributed by atoms with Crippen LogP contribution in [0.15, 0.2) is 47.2 Å². The maximum atomic E-state index is 12.3. The van der Waals surface area contributed by atoms with E-state index in [0.717, 1.165) is 11.3 Å². The second-order valence-electron chi connectivity index (χ2n) is 7.30. The number of carbonyl (C=O) groups is 1. The second-order valence-corrected chi connectivity index (χ2v) is 10.0. The van der Waals surface area contributed by atoms with E-state index in [-0.39, 0.29) is 6.54 Å². The molecule has 1 aliphatic rings. The average Bonchev–Trinajstić information content (AvgIpc) is 3.45. The molecule has 0 unspecified atom stereocenters. The second kappa shape index (κ2) is 8.01. The summed E-state index contributed by atoms with van der Waals surface area (Å²) >= 11 is 0. The topological polar surface area (TPSA) is 135 Å². The molecule has 3 heterocycles. The van der Waals surface area contributed by atoms with Crippen LogP contribution in [-0.4, -0.2) is 58.4 Å². The van der Waals surface area contributed by atoms with E-state index >= 15 is 0 Å². The van der Waals surface area contributed by atoms with Gasteiger partial charge in [0, 0.05) is 29.7 Å². The first-order chi connectivity index (χ1) is 14.4. The fraction of sp³-hybridized carbons (Fsp3) is 0.316. The molecule has 4 rings (SSSR count). The third-order valence-electron chi connectivity index (χ3n) is 5.31. The quantitative estimate of drug-likeness (QED) is 0.296. The molecule has 1 aromatic carbocycles. The number of hydrogen-bond acceptors (Lipinski definition) is 8. The minimum Gasteiger partial charge on any atom is -0.356 e. The van der Waals surface area contributed by atoms with E-state index in [4.69, 9.17) is 9.73 Å². The van der Waals surface area contributed by atoms with E-state index < -0.39 is 21.0 Å². The van der Waals surface area contributed by atoms with Gasteiger partial charge in [0.1, 0.15) is 5.54 Å². The summed E-state index contributed by atoms with van der Waals surface area (Å²) in [7, 11) is -2.18. The van der Waals surface area contributed by atoms with Crippen LogP contribution in [0.1, 0.15) is 18.5 Å². The standard InChI is InChI=1S/C19H22N6O4S/c1-30(28)10-6-19(7-11-30,18(26)23-27)20-13-15-12-17(29-24-15)14-2-4-16(5-3-14)25-21-8-9-22-25/h2-5,8-9,12,20,27H,1,6-7,10-11,13H2,(H,23,26). The molecule has 10 nitrogen and oxygen atoms in total. The van der Waals surface area contributed by atoms with Gasteiger partial charge in [-0.15, -0.1) is 0 Å². The Balaban J connectivity index is 1.45. The van der Waals surface area contributed by atoms with Gasteiger partial charge in [0.25, 0.3) is 5.91 Å². The molecular weight excluding hydrogens is 408 g/mol. The van der Waals surface area contributed by atoms with Crippen LogP contribution in [-0.2, 0) is 20.9 Å². The molecule has 1 aliphatic heterocycles. The fourth-order valence-corrected chi connectivity index (χ4v) is 5.08. The van der Waals surface area contributed by atoms with E-state index in [1.807, 2.05) is 24.3 Å². The highest BCUT2D eigenvalue weighted by molar-refractivity contribution is 8.00. The van der Waals surface area contributed by atoms with Crippen LogP contribution in [0, 0.1) is 0 Å². The number of nitrogens with one attached hydrogen (secondary N) is 2. The summed E-state index contributed by atoms with van der Waals surface area (Å²) in [5, 5.41) is 24.6. The third-order valence-corrected chi connectivity index (χ3v) is 7.20. The first kappa shape index (κ1) is 20.3. The summed E-state index contributed by atoms with van der Waals surface area (Å²) < 4.78 is 17.6. The third kappa shape index (κ3) is 4.13. The van der Waals surface area contributed by atoms with E-state index in [1.54, 1.807) is 23.9 Å². The lowest BCUT2D eigenvalue weighted by molar-refractivity contribution is -0.136. The molecule has 0 saturated carbocycles. The summed E-state index contributed by atoms with van der Waals surface area (Å²) in [6, 6.07) is 9.28. The van der Waals surface area contributed by atoms with Gasteiger partial charge in [-0.05, 0) is 52.5 Å². The van der Waals surface area contributed by atoms with Crippen molar-refractivity contribution in [2.75, 3.05) is 11.5 Å². The Hall–Kier alpha value is -3.02. The summed E-state index contributed by atoms with van der Waals surface area (Å²) in [5.74, 6) is 4.38. The van der Waals surface area contributed by atoms with Crippen LogP contribution in [0.25, 0.3) is 17.0 Å². The van der Waals surface area contributed by atoms with Crippen molar-refractivity contribution < 1.29 is 18.7 Å². The normalized spacial score (nSPS) is 23.9. The molecule has 0 atom stereocenters. The van der Waals surface area contributed by atoms with Crippen molar-refractivity contribution in [3.05, 3.63) is 48.4 Å². The molecule has 0 spiro atoms. The van der Waals surface area contributed by atoms with Crippen molar-refractivity contribution in [2.24, 2.45) is 0 Å². The summed E-state index contributed by atoms with van der Waals surface area (Å²) in [4.78, 5) is 13.8. The molecule has 30 heavy (non-hydrogen) atoms. The molecule has 11 heteroatoms. The number of aromatic nitrogens is 4. The van der Waals surface area contributed by atoms with Gasteiger partial charge < -0.3 is 4.52 Å². The predicted octanol–water partition coefficient (Wildman–Crippen LogP) is 0.766. The summed E-state index contributed by atoms with van der Waals surface area (Å²) in [6.07, 6.45) is 3.84. The summed E-state index contributed by atoms with van der Waals surface area (Å²) in [5.41, 5.74) is 2.95. The number of amides is 1. The number of nitrogens with zero attached hydrogens (tertiary/aromatic N) is 4. The highest BCUT2D eigenvalue weighted by Gasteiger charge is 2.41. The monoisotopic (exact) mass is 430 g/mol. The number of carbonyl (C=O) groups excluding carboxylic acids is 1. The molecule has 1 fully saturated rings. The Morgan fingerprint density at radius 3 is 2.53 bits per heavy atom. The zero-order chi connectivity index (χ0) is 21.2. The van der Waals surface area contributed by atoms with E-state index in [1.165, 1.54) is 4.80 Å². The van der Waals surface area contributed by atoms with Gasteiger partial charge in [-0.25, -0.2) is 5.48 Å². The molecule has 0 radical (unpaired) electrons. The Morgan fingerprint density at radius 2 is 1.90 bits per heavy atom. The molecule has 0 bridgehead atoms. The van der Waals surface area contributed by atoms with Crippen LogP contribution >= 0.6 is 0 Å². The highest BCUT2D eigenvalue weighted by Crippen LogP contribution is 2.26. The van der Waals surface area contributed by atoms with Gasteiger partial charge in [-0.3, -0.25) is 19.5 Å². The summed E-state index contributed by atoms with van der Waals surface area (Å²) in [6.45, 7) is 0.255. The highest BCUT2D eigenvalue weighted by atomic mass is 32.2. The van der Waals surface area contributed by atoms with Crippen LogP contribution in [0.3, 0.4) is 0 Å². The largest absolute Gasteiger partial charge is 0.356 e. The fourth-order valence-electron chi connectivity index (χ4n) is 3.44. The zero-order valence-corrected chi connectivity index (χ0v) is 17.0. The maximum Gasteiger partial charge on any atom is 0.263 e. The Bertz CT molecular complexity index is 1110. The zero-order valence-electron chi connectivity index (χ0n) is 16.2. The number of rotatable bonds is 6. The molecule has 3 aromatic rings. The Morgan fingerprint density at radius 1 is 1.23 bits per heavy atom. The van der Waals surface area contributed by atoms with Crippen molar-refractivity contribution in [3.63, 3.8) is 0 Å². The Labute approximate surface area is 173 Å². The first-order valence-corrected chi connectivity index (χ1v) is 11.4. The molecule has 158 valence electrons. The maximum absolute atomic E-state index is 12.3. The van der Waals surface area contributed by atoms with Crippen LogP contribution in [0.5, 0.6) is 0 Å². The number of hydroxylamine groups is 1. The van der Waals surface area contributed by atoms with Crippen LogP contribution in [0.2, 0.25) is 0 Å². The van der Waals surface area contributed by atoms with Crippen molar-refractivity contribution in [3.8, 4) is 17.0 Å². The van der Waals surface area contributed by atoms with Crippen molar-refractivity contribution >= 4 is 21.3 Å². The minimum absolute atomic E-state index is 0.255. The predicted molar refractivity (Wildman–Crippen MR) is 111 cm³/mol. The van der Waals surface area contributed by atoms with E-state index in [0.29, 0.717) is 35.8 Å². The molecular formula is C19H22N6O4S. The van der Waals surface area contributed by atoms with Crippen molar-refractivity contribution in [1.82, 2.24) is 30.9 Å². The minimum atomic E-state index is -2.18. The molecule has 0 aliphatic carbocycles. The Kier molecular flexibility index (Phi) is 5.41. The van der Waals surface area contributed by atoms with Gasteiger partial charge in [-0.2, -0.15) is 15.0 Å². The van der Waals surface area contributed by atoms with Gasteiger partial charge >= 0.3 is 0 Å². The van der Waals surface area contributed by atoms with Crippen LogP contribution in [0.4, 0.5) is 0 Å². The number of hydrogen-bond donors (Lipinski definition) is 3. The van der Waals surface area contributed by atoms with Gasteiger partial charge in [-0.1, -0.05) is 5.16 Å². The lowest BCUT2D eigenvalue weighted by atomic mass is 9.91. The van der Waals surface area contributed by atoms with Crippen molar-refractivity contribution in [1.29, 1.82) is 0 Å². The molecule has 1 saturated heterocycles. The first-order valence-electron chi connectivity index (χ1n) is 9.36. The molecule has 1 amide bonds. The van der Waals surface area contributed by atoms with E-state index in [2.05, 4.69) is 26.5 Å². The SMILES string of the molecule is C=S1(=O)CCC(NCc2cc(-c3ccc(-n4nccn4)cc3)on2)(C(=O)NO)CC1. The lowest BCUT2D eigenvalue weighted by Gasteiger charge is -2.36. The van der Waals surface area contributed by atoms with Gasteiger partial charge in [0.15, 0.2) is 5.76 Å². The molecule has 2 aromatic heterocycles. The number of benzene rings is 1. The smallest absolute Gasteiger partial charge is 0.263 e. The van der Waals surface area contributed by atoms with Crippen molar-refractivity contribution in [2.45, 2.75) is 24.9 Å². The van der Waals surface area contributed by atoms with Gasteiger partial charge in [0.2, 0.25) is 0 Å². The van der Waals surface area contributed by atoms with Gasteiger partial charge in [0.05, 0.1) is 23.8 Å². The van der Waals surface area contributed by atoms with E-state index in [9.17, 15) is 9.00 Å². The lowest BCUT2D eigenvalue weighted by Crippen LogP contribution is -2.59. The average molecular weight is 430 g/mol. The van der Waals surface area contributed by atoms with Crippen LogP contribution < -0.4 is 10.8 Å².